The third kappa shape index (κ3) is 3.24. The zero-order valence-electron chi connectivity index (χ0n) is 12.3. The number of hydrogen-bond acceptors (Lipinski definition) is 2. The molecule has 1 aliphatic rings. The standard InChI is InChI=1S/C16H23ClO2/c1-5-14-15(19-14)8-7-12-11(4)13(17)9-10(3)16(12)18-6-2/h9,14-15H,5-8H2,1-4H3. The summed E-state index contributed by atoms with van der Waals surface area (Å²) in [6.45, 7) is 9.01. The molecule has 2 nitrogen and oxygen atoms in total. The zero-order chi connectivity index (χ0) is 14.0. The Labute approximate surface area is 121 Å². The molecule has 19 heavy (non-hydrogen) atoms. The van der Waals surface area contributed by atoms with Crippen LogP contribution in [0.2, 0.25) is 5.02 Å². The van der Waals surface area contributed by atoms with Crippen molar-refractivity contribution in [3.8, 4) is 5.75 Å². The van der Waals surface area contributed by atoms with Gasteiger partial charge in [-0.3, -0.25) is 0 Å². The lowest BCUT2D eigenvalue weighted by molar-refractivity contribution is 0.331. The maximum absolute atomic E-state index is 6.29. The lowest BCUT2D eigenvalue weighted by Crippen LogP contribution is -2.04. The number of aryl methyl sites for hydroxylation is 1. The molecule has 0 radical (unpaired) electrons. The largest absolute Gasteiger partial charge is 0.493 e. The van der Waals surface area contributed by atoms with E-state index in [9.17, 15) is 0 Å². The Balaban J connectivity index is 2.16. The monoisotopic (exact) mass is 282 g/mol. The van der Waals surface area contributed by atoms with E-state index in [0.29, 0.717) is 18.8 Å². The molecule has 106 valence electrons. The van der Waals surface area contributed by atoms with Gasteiger partial charge in [0.15, 0.2) is 0 Å². The van der Waals surface area contributed by atoms with Gasteiger partial charge in [0.25, 0.3) is 0 Å². The minimum Gasteiger partial charge on any atom is -0.493 e. The van der Waals surface area contributed by atoms with Crippen LogP contribution in [0.15, 0.2) is 6.07 Å². The predicted molar refractivity (Wildman–Crippen MR) is 79.4 cm³/mol. The number of epoxide rings is 1. The summed E-state index contributed by atoms with van der Waals surface area (Å²) in [5.41, 5.74) is 3.51. The first kappa shape index (κ1) is 14.7. The van der Waals surface area contributed by atoms with Crippen molar-refractivity contribution in [2.45, 2.75) is 59.2 Å². The molecule has 1 fully saturated rings. The summed E-state index contributed by atoms with van der Waals surface area (Å²) in [5.74, 6) is 1.01. The number of ether oxygens (including phenoxy) is 2. The average Bonchev–Trinajstić information content (AvgIpc) is 3.14. The van der Waals surface area contributed by atoms with Crippen LogP contribution in [0.25, 0.3) is 0 Å². The third-order valence-corrected chi connectivity index (χ3v) is 4.24. The number of rotatable bonds is 6. The van der Waals surface area contributed by atoms with Crippen molar-refractivity contribution >= 4 is 11.6 Å². The highest BCUT2D eigenvalue weighted by Gasteiger charge is 2.36. The lowest BCUT2D eigenvalue weighted by Gasteiger charge is -2.16. The van der Waals surface area contributed by atoms with Crippen LogP contribution in [-0.2, 0) is 11.2 Å². The van der Waals surface area contributed by atoms with E-state index < -0.39 is 0 Å². The molecule has 3 heteroatoms. The minimum absolute atomic E-state index is 0.429. The van der Waals surface area contributed by atoms with E-state index in [2.05, 4.69) is 20.8 Å². The molecule has 1 aliphatic heterocycles. The topological polar surface area (TPSA) is 21.8 Å². The van der Waals surface area contributed by atoms with E-state index in [-0.39, 0.29) is 0 Å². The van der Waals surface area contributed by atoms with Gasteiger partial charge in [-0.05, 0) is 62.8 Å². The van der Waals surface area contributed by atoms with Gasteiger partial charge in [0.1, 0.15) is 5.75 Å². The summed E-state index contributed by atoms with van der Waals surface area (Å²) in [6, 6.07) is 1.99. The normalized spacial score (nSPS) is 21.5. The Hall–Kier alpha value is -0.730. The first-order valence-electron chi connectivity index (χ1n) is 7.15. The van der Waals surface area contributed by atoms with Crippen LogP contribution in [0.1, 0.15) is 43.4 Å². The minimum atomic E-state index is 0.429. The van der Waals surface area contributed by atoms with Crippen molar-refractivity contribution in [2.75, 3.05) is 6.61 Å². The molecule has 0 bridgehead atoms. The van der Waals surface area contributed by atoms with Crippen molar-refractivity contribution < 1.29 is 9.47 Å². The Morgan fingerprint density at radius 3 is 2.58 bits per heavy atom. The smallest absolute Gasteiger partial charge is 0.125 e. The summed E-state index contributed by atoms with van der Waals surface area (Å²) < 4.78 is 11.4. The van der Waals surface area contributed by atoms with Crippen LogP contribution in [0.5, 0.6) is 5.75 Å². The summed E-state index contributed by atoms with van der Waals surface area (Å²) >= 11 is 6.29. The second kappa shape index (κ2) is 6.15. The fourth-order valence-corrected chi connectivity index (χ4v) is 2.92. The van der Waals surface area contributed by atoms with Crippen LogP contribution >= 0.6 is 11.6 Å². The molecular formula is C16H23ClO2. The van der Waals surface area contributed by atoms with Gasteiger partial charge in [0, 0.05) is 5.02 Å². The molecule has 0 spiro atoms. The van der Waals surface area contributed by atoms with Crippen molar-refractivity contribution in [1.82, 2.24) is 0 Å². The highest BCUT2D eigenvalue weighted by atomic mass is 35.5. The molecule has 1 aromatic rings. The molecule has 2 rings (SSSR count). The highest BCUT2D eigenvalue weighted by molar-refractivity contribution is 6.31. The Morgan fingerprint density at radius 2 is 2.00 bits per heavy atom. The lowest BCUT2D eigenvalue weighted by atomic mass is 9.98. The van der Waals surface area contributed by atoms with Gasteiger partial charge in [-0.1, -0.05) is 18.5 Å². The third-order valence-electron chi connectivity index (χ3n) is 3.84. The average molecular weight is 283 g/mol. The van der Waals surface area contributed by atoms with Crippen molar-refractivity contribution in [3.05, 3.63) is 27.8 Å². The summed E-state index contributed by atoms with van der Waals surface area (Å²) in [4.78, 5) is 0. The maximum atomic E-state index is 6.29. The SMILES string of the molecule is CCOc1c(C)cc(Cl)c(C)c1CCC1OC1CC. The van der Waals surface area contributed by atoms with Gasteiger partial charge in [-0.25, -0.2) is 0 Å². The molecule has 0 aliphatic carbocycles. The van der Waals surface area contributed by atoms with Gasteiger partial charge >= 0.3 is 0 Å². The molecule has 2 unspecified atom stereocenters. The summed E-state index contributed by atoms with van der Waals surface area (Å²) in [7, 11) is 0. The number of halogens is 1. The predicted octanol–water partition coefficient (Wildman–Crippen LogP) is 4.47. The second-order valence-corrected chi connectivity index (χ2v) is 5.61. The number of hydrogen-bond donors (Lipinski definition) is 0. The molecule has 1 aromatic carbocycles. The fraction of sp³-hybridized carbons (Fsp3) is 0.625. The summed E-state index contributed by atoms with van der Waals surface area (Å²) in [6.07, 6.45) is 4.04. The van der Waals surface area contributed by atoms with Crippen LogP contribution in [0.4, 0.5) is 0 Å². The van der Waals surface area contributed by atoms with Crippen LogP contribution in [-0.4, -0.2) is 18.8 Å². The Bertz CT molecular complexity index is 457. The van der Waals surface area contributed by atoms with Crippen LogP contribution in [0.3, 0.4) is 0 Å². The van der Waals surface area contributed by atoms with Gasteiger partial charge in [-0.15, -0.1) is 0 Å². The molecule has 0 aromatic heterocycles. The van der Waals surface area contributed by atoms with E-state index in [4.69, 9.17) is 21.1 Å². The molecule has 1 heterocycles. The molecule has 0 N–H and O–H groups in total. The van der Waals surface area contributed by atoms with E-state index in [1.165, 1.54) is 5.56 Å². The van der Waals surface area contributed by atoms with Gasteiger partial charge in [-0.2, -0.15) is 0 Å². The number of benzene rings is 1. The van der Waals surface area contributed by atoms with Gasteiger partial charge < -0.3 is 9.47 Å². The molecule has 2 atom stereocenters. The van der Waals surface area contributed by atoms with Crippen LogP contribution in [0, 0.1) is 13.8 Å². The van der Waals surface area contributed by atoms with Crippen molar-refractivity contribution in [3.63, 3.8) is 0 Å². The highest BCUT2D eigenvalue weighted by Crippen LogP contribution is 2.36. The second-order valence-electron chi connectivity index (χ2n) is 5.20. The molecule has 1 saturated heterocycles. The molecular weight excluding hydrogens is 260 g/mol. The maximum Gasteiger partial charge on any atom is 0.125 e. The van der Waals surface area contributed by atoms with Crippen molar-refractivity contribution in [2.24, 2.45) is 0 Å². The molecule has 0 amide bonds. The van der Waals surface area contributed by atoms with Gasteiger partial charge in [0.05, 0.1) is 18.8 Å². The zero-order valence-corrected chi connectivity index (χ0v) is 13.0. The van der Waals surface area contributed by atoms with E-state index in [0.717, 1.165) is 41.2 Å². The van der Waals surface area contributed by atoms with E-state index in [1.54, 1.807) is 0 Å². The molecule has 0 saturated carbocycles. The Morgan fingerprint density at radius 1 is 1.26 bits per heavy atom. The summed E-state index contributed by atoms with van der Waals surface area (Å²) in [5, 5.41) is 0.833. The first-order valence-corrected chi connectivity index (χ1v) is 7.53. The first-order chi connectivity index (χ1) is 9.08. The van der Waals surface area contributed by atoms with Crippen LogP contribution < -0.4 is 4.74 Å². The Kier molecular flexibility index (Phi) is 4.75. The van der Waals surface area contributed by atoms with Gasteiger partial charge in [0.2, 0.25) is 0 Å². The van der Waals surface area contributed by atoms with E-state index >= 15 is 0 Å². The quantitative estimate of drug-likeness (QED) is 0.718. The fourth-order valence-electron chi connectivity index (χ4n) is 2.64. The van der Waals surface area contributed by atoms with Crippen molar-refractivity contribution in [1.29, 1.82) is 0 Å². The van der Waals surface area contributed by atoms with E-state index in [1.807, 2.05) is 13.0 Å².